The molecule has 0 saturated heterocycles. The van der Waals surface area contributed by atoms with Crippen LogP contribution in [0.5, 0.6) is 23.0 Å². The Morgan fingerprint density at radius 2 is 1.73 bits per heavy atom. The number of hydrogen-bond donors (Lipinski definition) is 3. The molecule has 0 aliphatic rings. The van der Waals surface area contributed by atoms with Gasteiger partial charge in [-0.2, -0.15) is 0 Å². The number of rotatable bonds is 2. The summed E-state index contributed by atoms with van der Waals surface area (Å²) >= 11 is 0. The Hall–Kier alpha value is -3.15. The lowest BCUT2D eigenvalue weighted by atomic mass is 10.1. The molecular formula is C16H12O6. The van der Waals surface area contributed by atoms with E-state index in [4.69, 9.17) is 9.15 Å². The maximum absolute atomic E-state index is 12.5. The molecule has 0 amide bonds. The Morgan fingerprint density at radius 1 is 1.05 bits per heavy atom. The van der Waals surface area contributed by atoms with E-state index in [0.717, 1.165) is 6.07 Å². The van der Waals surface area contributed by atoms with E-state index in [9.17, 15) is 20.1 Å². The summed E-state index contributed by atoms with van der Waals surface area (Å²) in [6, 6.07) is 9.57. The quantitative estimate of drug-likeness (QED) is 0.497. The molecule has 0 aliphatic carbocycles. The molecule has 22 heavy (non-hydrogen) atoms. The highest BCUT2D eigenvalue weighted by molar-refractivity contribution is 5.92. The zero-order valence-corrected chi connectivity index (χ0v) is 11.5. The van der Waals surface area contributed by atoms with Crippen molar-refractivity contribution in [1.82, 2.24) is 0 Å². The van der Waals surface area contributed by atoms with Gasteiger partial charge in [0.1, 0.15) is 11.1 Å². The van der Waals surface area contributed by atoms with Gasteiger partial charge in [0.05, 0.1) is 7.11 Å². The van der Waals surface area contributed by atoms with Crippen LogP contribution in [0.1, 0.15) is 0 Å². The van der Waals surface area contributed by atoms with Gasteiger partial charge in [0.25, 0.3) is 0 Å². The first-order valence-electron chi connectivity index (χ1n) is 6.38. The van der Waals surface area contributed by atoms with Gasteiger partial charge in [0, 0.05) is 11.6 Å². The van der Waals surface area contributed by atoms with Gasteiger partial charge in [-0.15, -0.1) is 0 Å². The highest BCUT2D eigenvalue weighted by atomic mass is 16.5. The number of hydrogen-bond acceptors (Lipinski definition) is 6. The highest BCUT2D eigenvalue weighted by Crippen LogP contribution is 2.41. The van der Waals surface area contributed by atoms with Crippen molar-refractivity contribution in [2.24, 2.45) is 0 Å². The van der Waals surface area contributed by atoms with Crippen molar-refractivity contribution in [3.8, 4) is 34.3 Å². The molecule has 0 aliphatic heterocycles. The SMILES string of the molecule is COc1c(-c2ccccc2)oc2c(O)c(O)cc(O)c2c1=O. The van der Waals surface area contributed by atoms with Crippen LogP contribution >= 0.6 is 0 Å². The fraction of sp³-hybridized carbons (Fsp3) is 0.0625. The van der Waals surface area contributed by atoms with Gasteiger partial charge in [-0.05, 0) is 0 Å². The lowest BCUT2D eigenvalue weighted by molar-refractivity contribution is 0.383. The van der Waals surface area contributed by atoms with Crippen molar-refractivity contribution in [3.63, 3.8) is 0 Å². The van der Waals surface area contributed by atoms with E-state index in [2.05, 4.69) is 0 Å². The van der Waals surface area contributed by atoms with E-state index in [1.54, 1.807) is 30.3 Å². The van der Waals surface area contributed by atoms with Crippen LogP contribution in [0.3, 0.4) is 0 Å². The molecule has 0 atom stereocenters. The molecule has 0 bridgehead atoms. The number of fused-ring (bicyclic) bond motifs is 1. The normalized spacial score (nSPS) is 10.8. The molecule has 0 saturated carbocycles. The van der Waals surface area contributed by atoms with Crippen molar-refractivity contribution < 1.29 is 24.5 Å². The van der Waals surface area contributed by atoms with Crippen molar-refractivity contribution >= 4 is 11.0 Å². The molecule has 1 aromatic heterocycles. The lowest BCUT2D eigenvalue weighted by Gasteiger charge is -2.11. The molecular weight excluding hydrogens is 288 g/mol. The van der Waals surface area contributed by atoms with Crippen molar-refractivity contribution in [3.05, 3.63) is 46.6 Å². The molecule has 6 heteroatoms. The van der Waals surface area contributed by atoms with Gasteiger partial charge < -0.3 is 24.5 Å². The minimum atomic E-state index is -0.643. The average Bonchev–Trinajstić information content (AvgIpc) is 2.52. The Balaban J connectivity index is 2.50. The molecule has 0 spiro atoms. The first kappa shape index (κ1) is 13.8. The molecule has 3 N–H and O–H groups in total. The summed E-state index contributed by atoms with van der Waals surface area (Å²) in [5.74, 6) is -1.71. The minimum Gasteiger partial charge on any atom is -0.507 e. The minimum absolute atomic E-state index is 0.0981. The third-order valence-electron chi connectivity index (χ3n) is 3.30. The molecule has 112 valence electrons. The largest absolute Gasteiger partial charge is 0.507 e. The Morgan fingerprint density at radius 3 is 2.36 bits per heavy atom. The lowest BCUT2D eigenvalue weighted by Crippen LogP contribution is -2.08. The molecule has 0 unspecified atom stereocenters. The van der Waals surface area contributed by atoms with Gasteiger partial charge >= 0.3 is 0 Å². The second-order valence-corrected chi connectivity index (χ2v) is 4.63. The Labute approximate surface area is 124 Å². The highest BCUT2D eigenvalue weighted by Gasteiger charge is 2.23. The number of phenols is 3. The first-order chi connectivity index (χ1) is 10.5. The number of ether oxygens (including phenoxy) is 1. The maximum atomic E-state index is 12.5. The second-order valence-electron chi connectivity index (χ2n) is 4.63. The van der Waals surface area contributed by atoms with E-state index >= 15 is 0 Å². The molecule has 0 radical (unpaired) electrons. The summed E-state index contributed by atoms with van der Waals surface area (Å²) in [5.41, 5.74) is -0.391. The van der Waals surface area contributed by atoms with Crippen LogP contribution < -0.4 is 10.2 Å². The second kappa shape index (κ2) is 5.00. The number of methoxy groups -OCH3 is 1. The molecule has 1 heterocycles. The zero-order valence-electron chi connectivity index (χ0n) is 11.5. The number of benzene rings is 2. The number of phenolic OH excluding ortho intramolecular Hbond substituents is 3. The van der Waals surface area contributed by atoms with Crippen molar-refractivity contribution in [2.75, 3.05) is 7.11 Å². The molecule has 6 nitrogen and oxygen atoms in total. The summed E-state index contributed by atoms with van der Waals surface area (Å²) in [5, 5.41) is 29.1. The van der Waals surface area contributed by atoms with Gasteiger partial charge in [-0.3, -0.25) is 4.79 Å². The molecule has 0 fully saturated rings. The van der Waals surface area contributed by atoms with Gasteiger partial charge in [0.2, 0.25) is 16.9 Å². The van der Waals surface area contributed by atoms with E-state index in [0.29, 0.717) is 5.56 Å². The van der Waals surface area contributed by atoms with Crippen LogP contribution in [0.2, 0.25) is 0 Å². The smallest absolute Gasteiger partial charge is 0.239 e. The van der Waals surface area contributed by atoms with Crippen LogP contribution in [0.25, 0.3) is 22.3 Å². The van der Waals surface area contributed by atoms with Gasteiger partial charge in [0.15, 0.2) is 17.1 Å². The fourth-order valence-corrected chi connectivity index (χ4v) is 2.27. The standard InChI is InChI=1S/C16H12O6/c1-21-16-13(20)11-9(17)7-10(18)12(19)15(11)22-14(16)8-5-3-2-4-6-8/h2-7,17-19H,1H3. The zero-order chi connectivity index (χ0) is 15.9. The maximum Gasteiger partial charge on any atom is 0.239 e. The molecule has 3 rings (SSSR count). The van der Waals surface area contributed by atoms with E-state index in [1.807, 2.05) is 0 Å². The molecule has 2 aromatic carbocycles. The Kier molecular flexibility index (Phi) is 3.14. The van der Waals surface area contributed by atoms with Crippen LogP contribution in [0, 0.1) is 0 Å². The third kappa shape index (κ3) is 1.93. The van der Waals surface area contributed by atoms with Crippen LogP contribution in [0.15, 0.2) is 45.6 Å². The van der Waals surface area contributed by atoms with Crippen LogP contribution in [-0.2, 0) is 0 Å². The average molecular weight is 300 g/mol. The van der Waals surface area contributed by atoms with Crippen LogP contribution in [-0.4, -0.2) is 22.4 Å². The summed E-state index contributed by atoms with van der Waals surface area (Å²) in [6.45, 7) is 0. The summed E-state index contributed by atoms with van der Waals surface area (Å²) in [4.78, 5) is 12.5. The summed E-state index contributed by atoms with van der Waals surface area (Å²) in [6.07, 6.45) is 0. The molecule has 3 aromatic rings. The van der Waals surface area contributed by atoms with E-state index < -0.39 is 22.7 Å². The van der Waals surface area contributed by atoms with Gasteiger partial charge in [-0.1, -0.05) is 30.3 Å². The summed E-state index contributed by atoms with van der Waals surface area (Å²) in [7, 11) is 1.31. The van der Waals surface area contributed by atoms with Crippen LogP contribution in [0.4, 0.5) is 0 Å². The fourth-order valence-electron chi connectivity index (χ4n) is 2.27. The third-order valence-corrected chi connectivity index (χ3v) is 3.30. The first-order valence-corrected chi connectivity index (χ1v) is 6.38. The van der Waals surface area contributed by atoms with Gasteiger partial charge in [-0.25, -0.2) is 0 Å². The van der Waals surface area contributed by atoms with E-state index in [-0.39, 0.29) is 22.5 Å². The topological polar surface area (TPSA) is 100 Å². The number of aromatic hydroxyl groups is 3. The van der Waals surface area contributed by atoms with Crippen molar-refractivity contribution in [2.45, 2.75) is 0 Å². The predicted octanol–water partition coefficient (Wildman–Crippen LogP) is 2.59. The Bertz CT molecular complexity index is 912. The predicted molar refractivity (Wildman–Crippen MR) is 79.5 cm³/mol. The van der Waals surface area contributed by atoms with E-state index in [1.165, 1.54) is 7.11 Å². The summed E-state index contributed by atoms with van der Waals surface area (Å²) < 4.78 is 10.7. The van der Waals surface area contributed by atoms with Crippen molar-refractivity contribution in [1.29, 1.82) is 0 Å². The monoisotopic (exact) mass is 300 g/mol.